The topological polar surface area (TPSA) is 104 Å². The van der Waals surface area contributed by atoms with Gasteiger partial charge in [-0.25, -0.2) is 0 Å². The number of nitro groups is 1. The summed E-state index contributed by atoms with van der Waals surface area (Å²) in [7, 11) is 0. The first kappa shape index (κ1) is 14.6. The van der Waals surface area contributed by atoms with Gasteiger partial charge in [0.15, 0.2) is 5.69 Å². The van der Waals surface area contributed by atoms with Crippen molar-refractivity contribution in [2.24, 2.45) is 0 Å². The van der Waals surface area contributed by atoms with E-state index in [1.165, 1.54) is 18.2 Å². The Morgan fingerprint density at radius 3 is 3.05 bits per heavy atom. The summed E-state index contributed by atoms with van der Waals surface area (Å²) in [5.74, 6) is 1.19. The second kappa shape index (κ2) is 6.58. The van der Waals surface area contributed by atoms with Crippen molar-refractivity contribution in [2.75, 3.05) is 23.4 Å². The van der Waals surface area contributed by atoms with Crippen LogP contribution in [0.15, 0.2) is 18.2 Å². The van der Waals surface area contributed by atoms with E-state index < -0.39 is 4.92 Å². The number of nitrogens with one attached hydrogen (secondary N) is 2. The highest BCUT2D eigenvalue weighted by atomic mass is 32.2. The van der Waals surface area contributed by atoms with Gasteiger partial charge in [-0.15, -0.1) is 0 Å². The van der Waals surface area contributed by atoms with E-state index in [1.54, 1.807) is 11.8 Å². The Morgan fingerprint density at radius 1 is 1.60 bits per heavy atom. The molecule has 3 N–H and O–H groups in total. The molecule has 1 unspecified atom stereocenters. The molecular weight excluding hydrogens is 282 g/mol. The highest BCUT2D eigenvalue weighted by molar-refractivity contribution is 7.99. The van der Waals surface area contributed by atoms with E-state index in [0.29, 0.717) is 0 Å². The molecule has 0 aromatic heterocycles. The van der Waals surface area contributed by atoms with Crippen LogP contribution in [0.4, 0.5) is 11.4 Å². The fourth-order valence-corrected chi connectivity index (χ4v) is 2.92. The molecule has 1 fully saturated rings. The number of carbonyl (C=O) groups is 1. The first-order valence-corrected chi connectivity index (χ1v) is 7.30. The lowest BCUT2D eigenvalue weighted by atomic mass is 10.2. The van der Waals surface area contributed by atoms with Gasteiger partial charge in [0.1, 0.15) is 5.75 Å². The van der Waals surface area contributed by atoms with Crippen molar-refractivity contribution in [1.29, 1.82) is 0 Å². The van der Waals surface area contributed by atoms with Gasteiger partial charge in [-0.1, -0.05) is 6.07 Å². The average molecular weight is 297 g/mol. The van der Waals surface area contributed by atoms with Crippen molar-refractivity contribution in [3.8, 4) is 5.75 Å². The van der Waals surface area contributed by atoms with Crippen molar-refractivity contribution >= 4 is 29.0 Å². The maximum Gasteiger partial charge on any atom is 0.296 e. The molecule has 0 bridgehead atoms. The number of rotatable bonds is 4. The Morgan fingerprint density at radius 2 is 2.40 bits per heavy atom. The molecule has 1 amide bonds. The lowest BCUT2D eigenvalue weighted by Gasteiger charge is -2.22. The fraction of sp³-hybridized carbons (Fsp3) is 0.417. The molecule has 108 valence electrons. The third kappa shape index (κ3) is 3.61. The number of carbonyl (C=O) groups excluding carboxylic acids is 1. The Balaban J connectivity index is 2.05. The number of nitrogens with zero attached hydrogens (tertiary/aromatic N) is 1. The summed E-state index contributed by atoms with van der Waals surface area (Å²) >= 11 is 1.76. The number of hydrogen-bond acceptors (Lipinski definition) is 6. The minimum Gasteiger partial charge on any atom is -0.505 e. The van der Waals surface area contributed by atoms with E-state index in [9.17, 15) is 20.0 Å². The number of para-hydroxylation sites is 1. The van der Waals surface area contributed by atoms with Crippen molar-refractivity contribution in [2.45, 2.75) is 12.5 Å². The summed E-state index contributed by atoms with van der Waals surface area (Å²) < 4.78 is 0. The smallest absolute Gasteiger partial charge is 0.296 e. The summed E-state index contributed by atoms with van der Waals surface area (Å²) in [5, 5.41) is 26.2. The van der Waals surface area contributed by atoms with E-state index in [2.05, 4.69) is 10.6 Å². The van der Waals surface area contributed by atoms with Crippen LogP contribution in [-0.4, -0.2) is 40.0 Å². The van der Waals surface area contributed by atoms with Crippen molar-refractivity contribution in [1.82, 2.24) is 5.32 Å². The summed E-state index contributed by atoms with van der Waals surface area (Å²) in [6, 6.07) is 3.96. The molecule has 1 atom stereocenters. The van der Waals surface area contributed by atoms with Crippen LogP contribution in [0, 0.1) is 10.1 Å². The van der Waals surface area contributed by atoms with Crippen molar-refractivity contribution in [3.05, 3.63) is 28.3 Å². The van der Waals surface area contributed by atoms with Gasteiger partial charge >= 0.3 is 0 Å². The van der Waals surface area contributed by atoms with Crippen molar-refractivity contribution in [3.63, 3.8) is 0 Å². The first-order valence-electron chi connectivity index (χ1n) is 6.15. The van der Waals surface area contributed by atoms with Crippen LogP contribution >= 0.6 is 11.8 Å². The SMILES string of the molecule is O=C(CC1CSCCN1)Nc1c(O)cccc1[N+](=O)[O-]. The molecule has 1 saturated heterocycles. The number of amides is 1. The highest BCUT2D eigenvalue weighted by Crippen LogP contribution is 2.33. The molecule has 8 heteroatoms. The largest absolute Gasteiger partial charge is 0.505 e. The maximum atomic E-state index is 11.9. The fourth-order valence-electron chi connectivity index (χ4n) is 1.97. The minimum atomic E-state index is -0.635. The predicted octanol–water partition coefficient (Wildman–Crippen LogP) is 1.33. The van der Waals surface area contributed by atoms with E-state index in [4.69, 9.17) is 0 Å². The van der Waals surface area contributed by atoms with Crippen molar-refractivity contribution < 1.29 is 14.8 Å². The number of anilines is 1. The normalized spacial score (nSPS) is 18.5. The third-order valence-electron chi connectivity index (χ3n) is 2.91. The Kier molecular flexibility index (Phi) is 4.80. The molecule has 1 aliphatic heterocycles. The average Bonchev–Trinajstić information content (AvgIpc) is 2.42. The van der Waals surface area contributed by atoms with Gasteiger partial charge in [0.05, 0.1) is 4.92 Å². The zero-order chi connectivity index (χ0) is 14.5. The van der Waals surface area contributed by atoms with E-state index in [0.717, 1.165) is 18.1 Å². The Labute approximate surface area is 119 Å². The zero-order valence-electron chi connectivity index (χ0n) is 10.7. The van der Waals surface area contributed by atoms with Gasteiger partial charge in [0.2, 0.25) is 5.91 Å². The molecule has 20 heavy (non-hydrogen) atoms. The lowest BCUT2D eigenvalue weighted by molar-refractivity contribution is -0.384. The summed E-state index contributed by atoms with van der Waals surface area (Å²) in [4.78, 5) is 22.2. The molecule has 0 aliphatic carbocycles. The number of aromatic hydroxyl groups is 1. The molecular formula is C12H15N3O4S. The van der Waals surface area contributed by atoms with Crippen LogP contribution in [0.25, 0.3) is 0 Å². The van der Waals surface area contributed by atoms with Gasteiger partial charge in [0, 0.05) is 36.6 Å². The Hall–Kier alpha value is -1.80. The number of thioether (sulfide) groups is 1. The second-order valence-corrected chi connectivity index (χ2v) is 5.56. The van der Waals surface area contributed by atoms with Gasteiger partial charge in [-0.05, 0) is 6.07 Å². The molecule has 0 spiro atoms. The number of phenolic OH excluding ortho intramolecular Hbond substituents is 1. The molecule has 1 aromatic carbocycles. The van der Waals surface area contributed by atoms with Gasteiger partial charge < -0.3 is 15.7 Å². The molecule has 0 radical (unpaired) electrons. The standard InChI is InChI=1S/C12H15N3O4S/c16-10-3-1-2-9(15(18)19)12(10)14-11(17)6-8-7-20-5-4-13-8/h1-3,8,13,16H,4-7H2,(H,14,17). The quantitative estimate of drug-likeness (QED) is 0.440. The molecule has 7 nitrogen and oxygen atoms in total. The number of nitro benzene ring substituents is 1. The van der Waals surface area contributed by atoms with Crippen LogP contribution < -0.4 is 10.6 Å². The summed E-state index contributed by atoms with van der Waals surface area (Å²) in [6.45, 7) is 0.847. The number of benzene rings is 1. The predicted molar refractivity (Wildman–Crippen MR) is 77.1 cm³/mol. The summed E-state index contributed by atoms with van der Waals surface area (Å²) in [6.07, 6.45) is 0.221. The molecule has 1 heterocycles. The highest BCUT2D eigenvalue weighted by Gasteiger charge is 2.22. The second-order valence-electron chi connectivity index (χ2n) is 4.41. The molecule has 2 rings (SSSR count). The van der Waals surface area contributed by atoms with E-state index in [-0.39, 0.29) is 35.5 Å². The van der Waals surface area contributed by atoms with E-state index >= 15 is 0 Å². The van der Waals surface area contributed by atoms with Crippen LogP contribution in [-0.2, 0) is 4.79 Å². The van der Waals surface area contributed by atoms with Crippen LogP contribution in [0.5, 0.6) is 5.75 Å². The first-order chi connectivity index (χ1) is 9.58. The van der Waals surface area contributed by atoms with Gasteiger partial charge in [-0.2, -0.15) is 11.8 Å². The molecule has 1 aliphatic rings. The maximum absolute atomic E-state index is 11.9. The lowest BCUT2D eigenvalue weighted by Crippen LogP contribution is -2.39. The Bertz CT molecular complexity index is 517. The van der Waals surface area contributed by atoms with Crippen LogP contribution in [0.3, 0.4) is 0 Å². The van der Waals surface area contributed by atoms with Gasteiger partial charge in [0.25, 0.3) is 5.69 Å². The number of hydrogen-bond donors (Lipinski definition) is 3. The van der Waals surface area contributed by atoms with E-state index in [1.807, 2.05) is 0 Å². The third-order valence-corrected chi connectivity index (χ3v) is 4.04. The monoisotopic (exact) mass is 297 g/mol. The van der Waals surface area contributed by atoms with Gasteiger partial charge in [-0.3, -0.25) is 14.9 Å². The van der Waals surface area contributed by atoms with Crippen LogP contribution in [0.2, 0.25) is 0 Å². The number of phenols is 1. The molecule has 1 aromatic rings. The molecule has 0 saturated carbocycles. The summed E-state index contributed by atoms with van der Waals surface area (Å²) in [5.41, 5.74) is -0.463. The van der Waals surface area contributed by atoms with Crippen LogP contribution in [0.1, 0.15) is 6.42 Å². The zero-order valence-corrected chi connectivity index (χ0v) is 11.5. The minimum absolute atomic E-state index is 0.0543.